The van der Waals surface area contributed by atoms with Crippen LogP contribution in [0.2, 0.25) is 5.02 Å². The first-order valence-corrected chi connectivity index (χ1v) is 6.76. The van der Waals surface area contributed by atoms with Gasteiger partial charge < -0.3 is 15.2 Å². The molecule has 3 aromatic rings. The van der Waals surface area contributed by atoms with E-state index >= 15 is 0 Å². The summed E-state index contributed by atoms with van der Waals surface area (Å²) in [4.78, 5) is 7.15. The van der Waals surface area contributed by atoms with Crippen molar-refractivity contribution in [1.29, 1.82) is 0 Å². The number of hydrogen-bond acceptors (Lipinski definition) is 3. The van der Waals surface area contributed by atoms with E-state index in [2.05, 4.69) is 9.98 Å². The van der Waals surface area contributed by atoms with E-state index in [9.17, 15) is 10.2 Å². The van der Waals surface area contributed by atoms with Gasteiger partial charge in [-0.05, 0) is 36.8 Å². The van der Waals surface area contributed by atoms with Gasteiger partial charge in [0.2, 0.25) is 0 Å². The lowest BCUT2D eigenvalue weighted by molar-refractivity contribution is 0.457. The molecule has 0 aliphatic carbocycles. The number of fused-ring (bicyclic) bond motifs is 1. The minimum Gasteiger partial charge on any atom is -0.508 e. The van der Waals surface area contributed by atoms with Crippen molar-refractivity contribution in [3.05, 3.63) is 52.5 Å². The number of hydrogen-bond donors (Lipinski definition) is 3. The monoisotopic (exact) mass is 300 g/mol. The molecule has 0 bridgehead atoms. The summed E-state index contributed by atoms with van der Waals surface area (Å²) in [6.07, 6.45) is 1.55. The number of aromatic amines is 1. The van der Waals surface area contributed by atoms with Gasteiger partial charge in [0, 0.05) is 28.2 Å². The zero-order valence-corrected chi connectivity index (χ0v) is 12.0. The molecule has 0 amide bonds. The molecule has 0 atom stereocenters. The summed E-state index contributed by atoms with van der Waals surface area (Å²) >= 11 is 5.98. The van der Waals surface area contributed by atoms with Gasteiger partial charge in [-0.15, -0.1) is 0 Å². The summed E-state index contributed by atoms with van der Waals surface area (Å²) < 4.78 is 0. The largest absolute Gasteiger partial charge is 0.508 e. The molecule has 5 heteroatoms. The molecule has 0 unspecified atom stereocenters. The summed E-state index contributed by atoms with van der Waals surface area (Å²) in [6.45, 7) is 1.82. The third kappa shape index (κ3) is 2.58. The van der Waals surface area contributed by atoms with Crippen molar-refractivity contribution in [2.75, 3.05) is 0 Å². The molecule has 21 heavy (non-hydrogen) atoms. The third-order valence-corrected chi connectivity index (χ3v) is 3.55. The standard InChI is InChI=1S/C16H13ClN2O2/c1-9-2-4-11(7-15(9)20)18-8-13-12-6-10(17)3-5-14(12)19-16(13)21/h2-8,19-21H,1H3. The number of aryl methyl sites for hydroxylation is 1. The van der Waals surface area contributed by atoms with E-state index in [1.54, 1.807) is 42.6 Å². The number of aliphatic imine (C=N–C) groups is 1. The second-order valence-corrected chi connectivity index (χ2v) is 5.24. The topological polar surface area (TPSA) is 68.6 Å². The van der Waals surface area contributed by atoms with E-state index in [0.717, 1.165) is 16.5 Å². The van der Waals surface area contributed by atoms with E-state index in [1.807, 2.05) is 6.92 Å². The Morgan fingerprint density at radius 3 is 2.71 bits per heavy atom. The fourth-order valence-corrected chi connectivity index (χ4v) is 2.29. The molecule has 4 nitrogen and oxygen atoms in total. The van der Waals surface area contributed by atoms with Gasteiger partial charge >= 0.3 is 0 Å². The van der Waals surface area contributed by atoms with Crippen LogP contribution in [0, 0.1) is 6.92 Å². The van der Waals surface area contributed by atoms with Crippen LogP contribution in [0.15, 0.2) is 41.4 Å². The molecular weight excluding hydrogens is 288 g/mol. The fraction of sp³-hybridized carbons (Fsp3) is 0.0625. The van der Waals surface area contributed by atoms with E-state index in [1.165, 1.54) is 0 Å². The maximum Gasteiger partial charge on any atom is 0.198 e. The second-order valence-electron chi connectivity index (χ2n) is 4.81. The van der Waals surface area contributed by atoms with Crippen molar-refractivity contribution in [2.45, 2.75) is 6.92 Å². The van der Waals surface area contributed by atoms with Crippen LogP contribution in [-0.2, 0) is 0 Å². The molecule has 3 rings (SSSR count). The molecule has 106 valence electrons. The van der Waals surface area contributed by atoms with E-state index in [4.69, 9.17) is 11.6 Å². The van der Waals surface area contributed by atoms with Gasteiger partial charge in [0.05, 0.1) is 11.3 Å². The number of H-pyrrole nitrogens is 1. The molecule has 1 heterocycles. The number of nitrogens with zero attached hydrogens (tertiary/aromatic N) is 1. The average Bonchev–Trinajstić information content (AvgIpc) is 2.75. The molecular formula is C16H13ClN2O2. The van der Waals surface area contributed by atoms with Gasteiger partial charge in [0.25, 0.3) is 0 Å². The molecule has 0 fully saturated rings. The van der Waals surface area contributed by atoms with Crippen molar-refractivity contribution >= 4 is 34.4 Å². The summed E-state index contributed by atoms with van der Waals surface area (Å²) in [6, 6.07) is 10.5. The molecule has 0 radical (unpaired) electrons. The maximum atomic E-state index is 9.96. The zero-order valence-electron chi connectivity index (χ0n) is 11.3. The Bertz CT molecular complexity index is 853. The van der Waals surface area contributed by atoms with Gasteiger partial charge in [-0.2, -0.15) is 0 Å². The Kier molecular flexibility index (Phi) is 3.31. The summed E-state index contributed by atoms with van der Waals surface area (Å²) in [5.41, 5.74) is 2.74. The highest BCUT2D eigenvalue weighted by Gasteiger charge is 2.09. The third-order valence-electron chi connectivity index (χ3n) is 3.32. The first kappa shape index (κ1) is 13.5. The summed E-state index contributed by atoms with van der Waals surface area (Å²) in [5, 5.41) is 21.0. The van der Waals surface area contributed by atoms with Crippen LogP contribution in [0.3, 0.4) is 0 Å². The molecule has 0 saturated carbocycles. The Morgan fingerprint density at radius 2 is 1.95 bits per heavy atom. The minimum atomic E-state index is 0.0346. The van der Waals surface area contributed by atoms with Crippen LogP contribution in [0.4, 0.5) is 5.69 Å². The highest BCUT2D eigenvalue weighted by atomic mass is 35.5. The highest BCUT2D eigenvalue weighted by molar-refractivity contribution is 6.31. The van der Waals surface area contributed by atoms with Crippen LogP contribution in [0.5, 0.6) is 11.6 Å². The molecule has 1 aromatic heterocycles. The van der Waals surface area contributed by atoms with Crippen LogP contribution in [0.25, 0.3) is 10.9 Å². The first-order valence-electron chi connectivity index (χ1n) is 6.38. The number of rotatable bonds is 2. The summed E-state index contributed by atoms with van der Waals surface area (Å²) in [5.74, 6) is 0.225. The number of aromatic nitrogens is 1. The van der Waals surface area contributed by atoms with Gasteiger partial charge in [-0.25, -0.2) is 0 Å². The Balaban J connectivity index is 2.04. The van der Waals surface area contributed by atoms with Gasteiger partial charge in [0.1, 0.15) is 5.75 Å². The van der Waals surface area contributed by atoms with Crippen molar-refractivity contribution < 1.29 is 10.2 Å². The average molecular weight is 301 g/mol. The summed E-state index contributed by atoms with van der Waals surface area (Å²) in [7, 11) is 0. The van der Waals surface area contributed by atoms with Crippen LogP contribution < -0.4 is 0 Å². The molecule has 0 spiro atoms. The van der Waals surface area contributed by atoms with Crippen LogP contribution in [-0.4, -0.2) is 21.4 Å². The normalized spacial score (nSPS) is 11.5. The zero-order chi connectivity index (χ0) is 15.0. The van der Waals surface area contributed by atoms with Crippen molar-refractivity contribution in [1.82, 2.24) is 4.98 Å². The first-order chi connectivity index (χ1) is 10.0. The Morgan fingerprint density at radius 1 is 1.14 bits per heavy atom. The maximum absolute atomic E-state index is 9.96. The highest BCUT2D eigenvalue weighted by Crippen LogP contribution is 2.29. The van der Waals surface area contributed by atoms with Crippen molar-refractivity contribution in [3.63, 3.8) is 0 Å². The van der Waals surface area contributed by atoms with Crippen LogP contribution >= 0.6 is 11.6 Å². The lowest BCUT2D eigenvalue weighted by Gasteiger charge is -1.99. The van der Waals surface area contributed by atoms with Gasteiger partial charge in [-0.3, -0.25) is 4.99 Å². The van der Waals surface area contributed by atoms with E-state index in [0.29, 0.717) is 16.3 Å². The number of phenols is 1. The molecule has 0 aliphatic rings. The van der Waals surface area contributed by atoms with Crippen LogP contribution in [0.1, 0.15) is 11.1 Å². The number of aromatic hydroxyl groups is 2. The Hall–Kier alpha value is -2.46. The van der Waals surface area contributed by atoms with Crippen molar-refractivity contribution in [3.8, 4) is 11.6 Å². The number of halogens is 1. The molecule has 0 saturated heterocycles. The number of benzene rings is 2. The SMILES string of the molecule is Cc1ccc(N=Cc2c(O)[nH]c3ccc(Cl)cc23)cc1O. The van der Waals surface area contributed by atoms with E-state index < -0.39 is 0 Å². The van der Waals surface area contributed by atoms with Gasteiger partial charge in [-0.1, -0.05) is 17.7 Å². The van der Waals surface area contributed by atoms with Gasteiger partial charge in [0.15, 0.2) is 5.88 Å². The lowest BCUT2D eigenvalue weighted by Crippen LogP contribution is -1.80. The van der Waals surface area contributed by atoms with Crippen molar-refractivity contribution in [2.24, 2.45) is 4.99 Å². The minimum absolute atomic E-state index is 0.0346. The second kappa shape index (κ2) is 5.14. The predicted molar refractivity (Wildman–Crippen MR) is 85.1 cm³/mol. The molecule has 0 aliphatic heterocycles. The Labute approximate surface area is 126 Å². The fourth-order valence-electron chi connectivity index (χ4n) is 2.12. The van der Waals surface area contributed by atoms with E-state index in [-0.39, 0.29) is 11.6 Å². The molecule has 2 aromatic carbocycles. The quantitative estimate of drug-likeness (QED) is 0.618. The lowest BCUT2D eigenvalue weighted by atomic mass is 10.2. The smallest absolute Gasteiger partial charge is 0.198 e. The number of nitrogens with one attached hydrogen (secondary N) is 1. The molecule has 3 N–H and O–H groups in total. The predicted octanol–water partition coefficient (Wildman–Crippen LogP) is 4.29. The number of phenolic OH excluding ortho intramolecular Hbond substituents is 1.